The van der Waals surface area contributed by atoms with Crippen LogP contribution in [0.3, 0.4) is 0 Å². The van der Waals surface area contributed by atoms with Crippen molar-refractivity contribution in [2.45, 2.75) is 12.5 Å². The molecule has 0 amide bonds. The average molecular weight is 194 g/mol. The lowest BCUT2D eigenvalue weighted by atomic mass is 10.1. The minimum Gasteiger partial charge on any atom is -0.329 e. The molecule has 1 unspecified atom stereocenters. The SMILES string of the molecule is C=CCCNC(CN)c1cnn(C)c1. The Morgan fingerprint density at radius 1 is 1.79 bits per heavy atom. The van der Waals surface area contributed by atoms with Gasteiger partial charge >= 0.3 is 0 Å². The molecule has 78 valence electrons. The monoisotopic (exact) mass is 194 g/mol. The first-order valence-corrected chi connectivity index (χ1v) is 4.80. The summed E-state index contributed by atoms with van der Waals surface area (Å²) in [5.74, 6) is 0. The second kappa shape index (κ2) is 5.57. The summed E-state index contributed by atoms with van der Waals surface area (Å²) >= 11 is 0. The number of hydrogen-bond donors (Lipinski definition) is 2. The predicted molar refractivity (Wildman–Crippen MR) is 57.8 cm³/mol. The maximum atomic E-state index is 5.67. The van der Waals surface area contributed by atoms with Crippen LogP contribution in [0.4, 0.5) is 0 Å². The van der Waals surface area contributed by atoms with Gasteiger partial charge in [0.2, 0.25) is 0 Å². The van der Waals surface area contributed by atoms with Crippen molar-refractivity contribution >= 4 is 0 Å². The Morgan fingerprint density at radius 2 is 2.57 bits per heavy atom. The summed E-state index contributed by atoms with van der Waals surface area (Å²) in [6.07, 6.45) is 6.68. The molecule has 0 bridgehead atoms. The standard InChI is InChI=1S/C10H18N4/c1-3-4-5-12-10(6-11)9-7-13-14(2)8-9/h3,7-8,10,12H,1,4-6,11H2,2H3. The highest BCUT2D eigenvalue weighted by Gasteiger charge is 2.09. The van der Waals surface area contributed by atoms with Crippen LogP contribution in [-0.4, -0.2) is 22.9 Å². The van der Waals surface area contributed by atoms with E-state index in [1.165, 1.54) is 0 Å². The van der Waals surface area contributed by atoms with Gasteiger partial charge in [-0.2, -0.15) is 5.10 Å². The maximum Gasteiger partial charge on any atom is 0.0538 e. The molecule has 0 radical (unpaired) electrons. The molecule has 0 aliphatic heterocycles. The third-order valence-corrected chi connectivity index (χ3v) is 2.10. The minimum atomic E-state index is 0.198. The number of aromatic nitrogens is 2. The van der Waals surface area contributed by atoms with E-state index in [9.17, 15) is 0 Å². The van der Waals surface area contributed by atoms with Crippen LogP contribution < -0.4 is 11.1 Å². The van der Waals surface area contributed by atoms with Crippen LogP contribution in [0.1, 0.15) is 18.0 Å². The number of aryl methyl sites for hydroxylation is 1. The maximum absolute atomic E-state index is 5.67. The average Bonchev–Trinajstić information content (AvgIpc) is 2.60. The first-order valence-electron chi connectivity index (χ1n) is 4.80. The Hall–Kier alpha value is -1.13. The van der Waals surface area contributed by atoms with E-state index in [4.69, 9.17) is 5.73 Å². The lowest BCUT2D eigenvalue weighted by Crippen LogP contribution is -2.28. The highest BCUT2D eigenvalue weighted by Crippen LogP contribution is 2.09. The van der Waals surface area contributed by atoms with Crippen molar-refractivity contribution in [1.82, 2.24) is 15.1 Å². The zero-order valence-electron chi connectivity index (χ0n) is 8.61. The van der Waals surface area contributed by atoms with Gasteiger partial charge in [0.25, 0.3) is 0 Å². The van der Waals surface area contributed by atoms with E-state index in [2.05, 4.69) is 17.0 Å². The zero-order chi connectivity index (χ0) is 10.4. The van der Waals surface area contributed by atoms with Crippen molar-refractivity contribution in [2.24, 2.45) is 12.8 Å². The van der Waals surface area contributed by atoms with Gasteiger partial charge in [-0.25, -0.2) is 0 Å². The fraction of sp³-hybridized carbons (Fsp3) is 0.500. The van der Waals surface area contributed by atoms with Crippen molar-refractivity contribution in [2.75, 3.05) is 13.1 Å². The van der Waals surface area contributed by atoms with Crippen LogP contribution in [0.5, 0.6) is 0 Å². The van der Waals surface area contributed by atoms with E-state index in [-0.39, 0.29) is 6.04 Å². The molecule has 0 aliphatic carbocycles. The summed E-state index contributed by atoms with van der Waals surface area (Å²) in [5, 5.41) is 7.47. The molecule has 1 aromatic rings. The van der Waals surface area contributed by atoms with E-state index in [0.717, 1.165) is 18.5 Å². The number of nitrogens with zero attached hydrogens (tertiary/aromatic N) is 2. The summed E-state index contributed by atoms with van der Waals surface area (Å²) in [7, 11) is 1.90. The molecule has 0 spiro atoms. The molecule has 1 aromatic heterocycles. The van der Waals surface area contributed by atoms with Crippen molar-refractivity contribution in [3.63, 3.8) is 0 Å². The third-order valence-electron chi connectivity index (χ3n) is 2.10. The van der Waals surface area contributed by atoms with Gasteiger partial charge in [-0.3, -0.25) is 4.68 Å². The first kappa shape index (κ1) is 10.9. The van der Waals surface area contributed by atoms with E-state index in [0.29, 0.717) is 6.54 Å². The summed E-state index contributed by atoms with van der Waals surface area (Å²) in [4.78, 5) is 0. The molecule has 4 heteroatoms. The van der Waals surface area contributed by atoms with Gasteiger partial charge in [0, 0.05) is 31.4 Å². The Bertz CT molecular complexity index is 279. The Labute approximate surface area is 84.8 Å². The smallest absolute Gasteiger partial charge is 0.0538 e. The van der Waals surface area contributed by atoms with Gasteiger partial charge in [-0.1, -0.05) is 6.08 Å². The molecule has 0 saturated carbocycles. The number of nitrogens with one attached hydrogen (secondary N) is 1. The number of rotatable bonds is 6. The molecule has 0 saturated heterocycles. The summed E-state index contributed by atoms with van der Waals surface area (Å²) in [5.41, 5.74) is 6.81. The van der Waals surface area contributed by atoms with Crippen LogP contribution in [0.2, 0.25) is 0 Å². The van der Waals surface area contributed by atoms with Gasteiger partial charge in [0.1, 0.15) is 0 Å². The fourth-order valence-corrected chi connectivity index (χ4v) is 1.32. The second-order valence-electron chi connectivity index (χ2n) is 3.27. The Kier molecular flexibility index (Phi) is 4.35. The minimum absolute atomic E-state index is 0.198. The van der Waals surface area contributed by atoms with Crippen LogP contribution in [0, 0.1) is 0 Å². The second-order valence-corrected chi connectivity index (χ2v) is 3.27. The van der Waals surface area contributed by atoms with Crippen LogP contribution >= 0.6 is 0 Å². The number of nitrogens with two attached hydrogens (primary N) is 1. The molecule has 0 fully saturated rings. The molecule has 0 aliphatic rings. The predicted octanol–water partition coefficient (Wildman–Crippen LogP) is 0.586. The summed E-state index contributed by atoms with van der Waals surface area (Å²) < 4.78 is 1.78. The van der Waals surface area contributed by atoms with E-state index in [1.807, 2.05) is 25.5 Å². The molecule has 1 rings (SSSR count). The quantitative estimate of drug-likeness (QED) is 0.514. The first-order chi connectivity index (χ1) is 6.77. The topological polar surface area (TPSA) is 55.9 Å². The van der Waals surface area contributed by atoms with Crippen molar-refractivity contribution < 1.29 is 0 Å². The van der Waals surface area contributed by atoms with Crippen molar-refractivity contribution in [3.8, 4) is 0 Å². The molecular weight excluding hydrogens is 176 g/mol. The zero-order valence-corrected chi connectivity index (χ0v) is 8.61. The molecular formula is C10H18N4. The Morgan fingerprint density at radius 3 is 3.07 bits per heavy atom. The van der Waals surface area contributed by atoms with Gasteiger partial charge in [0.05, 0.1) is 6.20 Å². The van der Waals surface area contributed by atoms with E-state index < -0.39 is 0 Å². The van der Waals surface area contributed by atoms with E-state index in [1.54, 1.807) is 4.68 Å². The lowest BCUT2D eigenvalue weighted by molar-refractivity contribution is 0.548. The molecule has 1 heterocycles. The molecule has 1 atom stereocenters. The fourth-order valence-electron chi connectivity index (χ4n) is 1.32. The summed E-state index contributed by atoms with van der Waals surface area (Å²) in [6.45, 7) is 5.16. The number of hydrogen-bond acceptors (Lipinski definition) is 3. The van der Waals surface area contributed by atoms with Gasteiger partial charge < -0.3 is 11.1 Å². The van der Waals surface area contributed by atoms with Crippen molar-refractivity contribution in [1.29, 1.82) is 0 Å². The summed E-state index contributed by atoms with van der Waals surface area (Å²) in [6, 6.07) is 0.198. The lowest BCUT2D eigenvalue weighted by Gasteiger charge is -2.14. The molecule has 14 heavy (non-hydrogen) atoms. The highest BCUT2D eigenvalue weighted by atomic mass is 15.2. The van der Waals surface area contributed by atoms with Gasteiger partial charge in [-0.15, -0.1) is 6.58 Å². The van der Waals surface area contributed by atoms with Gasteiger partial charge in [-0.05, 0) is 13.0 Å². The van der Waals surface area contributed by atoms with E-state index >= 15 is 0 Å². The van der Waals surface area contributed by atoms with Crippen LogP contribution in [0.15, 0.2) is 25.0 Å². The van der Waals surface area contributed by atoms with Crippen LogP contribution in [-0.2, 0) is 7.05 Å². The Balaban J connectivity index is 2.49. The molecule has 0 aromatic carbocycles. The molecule has 4 nitrogen and oxygen atoms in total. The van der Waals surface area contributed by atoms with Crippen molar-refractivity contribution in [3.05, 3.63) is 30.6 Å². The normalized spacial score (nSPS) is 12.7. The largest absolute Gasteiger partial charge is 0.329 e. The molecule has 3 N–H and O–H groups in total. The highest BCUT2D eigenvalue weighted by molar-refractivity contribution is 5.10. The van der Waals surface area contributed by atoms with Gasteiger partial charge in [0.15, 0.2) is 0 Å². The van der Waals surface area contributed by atoms with Crippen LogP contribution in [0.25, 0.3) is 0 Å². The third kappa shape index (κ3) is 2.97.